The Morgan fingerprint density at radius 1 is 1.44 bits per heavy atom. The van der Waals surface area contributed by atoms with Crippen molar-refractivity contribution in [3.05, 3.63) is 35.8 Å². The number of ether oxygens (including phenoxy) is 1. The fourth-order valence-electron chi connectivity index (χ4n) is 3.39. The van der Waals surface area contributed by atoms with Crippen LogP contribution in [0.1, 0.15) is 37.9 Å². The Bertz CT molecular complexity index is 760. The highest BCUT2D eigenvalue weighted by Crippen LogP contribution is 2.38. The molecule has 1 amide bonds. The summed E-state index contributed by atoms with van der Waals surface area (Å²) < 4.78 is 7.28. The van der Waals surface area contributed by atoms with Crippen LogP contribution in [0.3, 0.4) is 0 Å². The van der Waals surface area contributed by atoms with Crippen molar-refractivity contribution in [2.24, 2.45) is 5.41 Å². The number of aromatic nitrogens is 2. The normalized spacial score (nSPS) is 17.6. The largest absolute Gasteiger partial charge is 0.389 e. The second-order valence-corrected chi connectivity index (χ2v) is 7.64. The first-order chi connectivity index (χ1) is 11.8. The number of pyridine rings is 1. The van der Waals surface area contributed by atoms with E-state index >= 15 is 0 Å². The topological polar surface area (TPSA) is 75.9 Å². The Hall–Kier alpha value is -1.92. The SMILES string of the molecule is Cc1cccn2cc(CC(=O)NCC(C)(C)C3(O)CCOCC3)nc12. The monoisotopic (exact) mass is 345 g/mol. The van der Waals surface area contributed by atoms with Gasteiger partial charge in [-0.25, -0.2) is 4.98 Å². The van der Waals surface area contributed by atoms with Crippen LogP contribution in [0.4, 0.5) is 0 Å². The Balaban J connectivity index is 1.61. The molecular weight excluding hydrogens is 318 g/mol. The van der Waals surface area contributed by atoms with Crippen molar-refractivity contribution in [2.75, 3.05) is 19.8 Å². The van der Waals surface area contributed by atoms with Gasteiger partial charge in [0.1, 0.15) is 5.65 Å². The number of hydrogen-bond acceptors (Lipinski definition) is 4. The molecule has 3 heterocycles. The van der Waals surface area contributed by atoms with Gasteiger partial charge in [-0.15, -0.1) is 0 Å². The van der Waals surface area contributed by atoms with Crippen molar-refractivity contribution in [1.29, 1.82) is 0 Å². The summed E-state index contributed by atoms with van der Waals surface area (Å²) in [4.78, 5) is 16.9. The zero-order valence-electron chi connectivity index (χ0n) is 15.2. The van der Waals surface area contributed by atoms with E-state index in [9.17, 15) is 9.90 Å². The van der Waals surface area contributed by atoms with Crippen LogP contribution in [0, 0.1) is 12.3 Å². The van der Waals surface area contributed by atoms with E-state index in [0.29, 0.717) is 32.6 Å². The van der Waals surface area contributed by atoms with Crippen LogP contribution in [0.5, 0.6) is 0 Å². The van der Waals surface area contributed by atoms with E-state index in [2.05, 4.69) is 10.3 Å². The summed E-state index contributed by atoms with van der Waals surface area (Å²) in [6.45, 7) is 7.54. The summed E-state index contributed by atoms with van der Waals surface area (Å²) in [7, 11) is 0. The van der Waals surface area contributed by atoms with Crippen LogP contribution in [0.15, 0.2) is 24.5 Å². The van der Waals surface area contributed by atoms with Gasteiger partial charge in [-0.05, 0) is 18.6 Å². The molecule has 0 aliphatic carbocycles. The number of amides is 1. The number of aryl methyl sites for hydroxylation is 1. The lowest BCUT2D eigenvalue weighted by atomic mass is 9.70. The summed E-state index contributed by atoms with van der Waals surface area (Å²) in [6.07, 6.45) is 5.25. The van der Waals surface area contributed by atoms with Crippen molar-refractivity contribution in [2.45, 2.75) is 45.6 Å². The zero-order chi connectivity index (χ0) is 18.1. The number of fused-ring (bicyclic) bond motifs is 1. The molecule has 0 spiro atoms. The Morgan fingerprint density at radius 2 is 2.16 bits per heavy atom. The van der Waals surface area contributed by atoms with Gasteiger partial charge in [0, 0.05) is 50.4 Å². The van der Waals surface area contributed by atoms with Crippen LogP contribution in [-0.4, -0.2) is 45.8 Å². The Labute approximate surface area is 148 Å². The number of aliphatic hydroxyl groups is 1. The number of imidazole rings is 1. The lowest BCUT2D eigenvalue weighted by Gasteiger charge is -2.45. The minimum atomic E-state index is -0.807. The van der Waals surface area contributed by atoms with Gasteiger partial charge in [-0.1, -0.05) is 19.9 Å². The minimum absolute atomic E-state index is 0.0789. The van der Waals surface area contributed by atoms with Gasteiger partial charge in [0.2, 0.25) is 5.91 Å². The van der Waals surface area contributed by atoms with Gasteiger partial charge in [-0.2, -0.15) is 0 Å². The van der Waals surface area contributed by atoms with Crippen molar-refractivity contribution < 1.29 is 14.6 Å². The van der Waals surface area contributed by atoms with Gasteiger partial charge in [0.15, 0.2) is 0 Å². The first kappa shape index (κ1) is 17.9. The molecule has 0 atom stereocenters. The van der Waals surface area contributed by atoms with Gasteiger partial charge in [0.05, 0.1) is 17.7 Å². The van der Waals surface area contributed by atoms with Crippen LogP contribution in [-0.2, 0) is 16.0 Å². The van der Waals surface area contributed by atoms with Gasteiger partial charge >= 0.3 is 0 Å². The molecule has 1 saturated heterocycles. The molecule has 2 aromatic rings. The fourth-order valence-corrected chi connectivity index (χ4v) is 3.39. The van der Waals surface area contributed by atoms with E-state index in [1.165, 1.54) is 0 Å². The number of nitrogens with one attached hydrogen (secondary N) is 1. The number of nitrogens with zero attached hydrogens (tertiary/aromatic N) is 2. The molecule has 2 N–H and O–H groups in total. The minimum Gasteiger partial charge on any atom is -0.389 e. The van der Waals surface area contributed by atoms with E-state index in [1.807, 2.05) is 49.7 Å². The zero-order valence-corrected chi connectivity index (χ0v) is 15.2. The highest BCUT2D eigenvalue weighted by molar-refractivity contribution is 5.78. The van der Waals surface area contributed by atoms with Crippen LogP contribution >= 0.6 is 0 Å². The van der Waals surface area contributed by atoms with Crippen molar-refractivity contribution in [1.82, 2.24) is 14.7 Å². The van der Waals surface area contributed by atoms with E-state index < -0.39 is 11.0 Å². The molecule has 6 nitrogen and oxygen atoms in total. The smallest absolute Gasteiger partial charge is 0.226 e. The van der Waals surface area contributed by atoms with Crippen LogP contribution < -0.4 is 5.32 Å². The lowest BCUT2D eigenvalue weighted by molar-refractivity contribution is -0.136. The third-order valence-electron chi connectivity index (χ3n) is 5.38. The highest BCUT2D eigenvalue weighted by atomic mass is 16.5. The number of carbonyl (C=O) groups is 1. The Morgan fingerprint density at radius 3 is 2.84 bits per heavy atom. The molecule has 0 radical (unpaired) electrons. The molecule has 3 rings (SSSR count). The third kappa shape index (κ3) is 3.70. The maximum atomic E-state index is 12.3. The first-order valence-corrected chi connectivity index (χ1v) is 8.81. The number of carbonyl (C=O) groups excluding carboxylic acids is 1. The molecule has 25 heavy (non-hydrogen) atoms. The summed E-state index contributed by atoms with van der Waals surface area (Å²) in [5.41, 5.74) is 1.48. The molecule has 1 aliphatic heterocycles. The first-order valence-electron chi connectivity index (χ1n) is 8.81. The van der Waals surface area contributed by atoms with Crippen LogP contribution in [0.2, 0.25) is 0 Å². The van der Waals surface area contributed by atoms with Crippen LogP contribution in [0.25, 0.3) is 5.65 Å². The van der Waals surface area contributed by atoms with E-state index in [4.69, 9.17) is 4.74 Å². The molecule has 0 unspecified atom stereocenters. The summed E-state index contributed by atoms with van der Waals surface area (Å²) in [6, 6.07) is 3.97. The van der Waals surface area contributed by atoms with Gasteiger partial charge in [-0.3, -0.25) is 4.79 Å². The molecule has 2 aromatic heterocycles. The maximum Gasteiger partial charge on any atom is 0.226 e. The molecule has 0 aromatic carbocycles. The van der Waals surface area contributed by atoms with E-state index in [0.717, 1.165) is 16.9 Å². The summed E-state index contributed by atoms with van der Waals surface area (Å²) >= 11 is 0. The standard InChI is InChI=1S/C19H27N3O3/c1-14-5-4-8-22-12-15(21-17(14)22)11-16(23)20-13-18(2,3)19(24)6-9-25-10-7-19/h4-5,8,12,24H,6-7,9-11,13H2,1-3H3,(H,20,23). The summed E-state index contributed by atoms with van der Waals surface area (Å²) in [5.74, 6) is -0.0789. The van der Waals surface area contributed by atoms with Gasteiger partial charge < -0.3 is 19.6 Å². The van der Waals surface area contributed by atoms with Gasteiger partial charge in [0.25, 0.3) is 0 Å². The average Bonchev–Trinajstić information content (AvgIpc) is 2.97. The van der Waals surface area contributed by atoms with Crippen molar-refractivity contribution in [3.8, 4) is 0 Å². The average molecular weight is 345 g/mol. The molecule has 0 bridgehead atoms. The lowest BCUT2D eigenvalue weighted by Crippen LogP contribution is -2.53. The molecule has 6 heteroatoms. The maximum absolute atomic E-state index is 12.3. The molecule has 136 valence electrons. The predicted molar refractivity (Wildman–Crippen MR) is 95.4 cm³/mol. The Kier molecular flexibility index (Phi) is 4.84. The van der Waals surface area contributed by atoms with Crippen molar-refractivity contribution >= 4 is 11.6 Å². The molecular formula is C19H27N3O3. The predicted octanol–water partition coefficient (Wildman–Crippen LogP) is 1.87. The molecule has 1 fully saturated rings. The quantitative estimate of drug-likeness (QED) is 0.867. The molecule has 1 aliphatic rings. The molecule has 0 saturated carbocycles. The summed E-state index contributed by atoms with van der Waals surface area (Å²) in [5, 5.41) is 13.8. The fraction of sp³-hybridized carbons (Fsp3) is 0.579. The highest BCUT2D eigenvalue weighted by Gasteiger charge is 2.44. The van der Waals surface area contributed by atoms with E-state index in [-0.39, 0.29) is 12.3 Å². The second-order valence-electron chi connectivity index (χ2n) is 7.64. The second kappa shape index (κ2) is 6.77. The third-order valence-corrected chi connectivity index (χ3v) is 5.38. The number of hydrogen-bond donors (Lipinski definition) is 2. The van der Waals surface area contributed by atoms with Crippen molar-refractivity contribution in [3.63, 3.8) is 0 Å². The van der Waals surface area contributed by atoms with E-state index in [1.54, 1.807) is 0 Å². The number of rotatable bonds is 5.